The summed E-state index contributed by atoms with van der Waals surface area (Å²) >= 11 is 0. The van der Waals surface area contributed by atoms with Crippen LogP contribution in [0.1, 0.15) is 15.9 Å². The monoisotopic (exact) mass is 260 g/mol. The molecule has 0 radical (unpaired) electrons. The van der Waals surface area contributed by atoms with Gasteiger partial charge in [0.15, 0.2) is 0 Å². The van der Waals surface area contributed by atoms with Crippen LogP contribution in [-0.4, -0.2) is 25.1 Å². The molecule has 0 saturated heterocycles. The minimum absolute atomic E-state index is 0.168. The van der Waals surface area contributed by atoms with Crippen molar-refractivity contribution in [3.63, 3.8) is 0 Å². The first-order valence-corrected chi connectivity index (χ1v) is 5.86. The van der Waals surface area contributed by atoms with Crippen LogP contribution in [0.2, 0.25) is 0 Å². The zero-order valence-corrected chi connectivity index (χ0v) is 10.9. The molecule has 0 aliphatic carbocycles. The average molecular weight is 260 g/mol. The molecule has 2 aromatic rings. The molecule has 2 N–H and O–H groups in total. The number of carbonyl (C=O) groups excluding carboxylic acids is 1. The van der Waals surface area contributed by atoms with E-state index in [1.165, 1.54) is 0 Å². The molecule has 0 atom stereocenters. The number of ether oxygens (including phenoxy) is 2. The number of amides is 1. The van der Waals surface area contributed by atoms with Crippen molar-refractivity contribution >= 4 is 5.91 Å². The van der Waals surface area contributed by atoms with Crippen molar-refractivity contribution in [2.75, 3.05) is 14.2 Å². The van der Waals surface area contributed by atoms with Crippen LogP contribution in [0.3, 0.4) is 0 Å². The Kier molecular flexibility index (Phi) is 4.07. The fraction of sp³-hybridized carbons (Fsp3) is 0.214. The molecule has 5 heteroatoms. The molecule has 0 fully saturated rings. The van der Waals surface area contributed by atoms with Crippen molar-refractivity contribution in [1.29, 1.82) is 0 Å². The predicted octanol–water partition coefficient (Wildman–Crippen LogP) is 1.96. The first-order valence-electron chi connectivity index (χ1n) is 5.86. The largest absolute Gasteiger partial charge is 0.497 e. The van der Waals surface area contributed by atoms with Crippen molar-refractivity contribution in [2.24, 2.45) is 0 Å². The Morgan fingerprint density at radius 1 is 1.21 bits per heavy atom. The summed E-state index contributed by atoms with van der Waals surface area (Å²) < 4.78 is 10.3. The van der Waals surface area contributed by atoms with Gasteiger partial charge in [-0.05, 0) is 23.8 Å². The SMILES string of the molecule is COc1cc(OC)cc(C(=O)NCc2cc[nH]c2)c1. The van der Waals surface area contributed by atoms with E-state index in [2.05, 4.69) is 10.3 Å². The molecule has 0 bridgehead atoms. The Bertz CT molecular complexity index is 528. The summed E-state index contributed by atoms with van der Waals surface area (Å²) in [6.07, 6.45) is 3.66. The summed E-state index contributed by atoms with van der Waals surface area (Å²) in [5, 5.41) is 2.83. The fourth-order valence-corrected chi connectivity index (χ4v) is 1.69. The van der Waals surface area contributed by atoms with Crippen LogP contribution in [-0.2, 0) is 6.54 Å². The molecule has 1 heterocycles. The van der Waals surface area contributed by atoms with Gasteiger partial charge in [0.1, 0.15) is 11.5 Å². The third-order valence-corrected chi connectivity index (χ3v) is 2.73. The fourth-order valence-electron chi connectivity index (χ4n) is 1.69. The third-order valence-electron chi connectivity index (χ3n) is 2.73. The highest BCUT2D eigenvalue weighted by atomic mass is 16.5. The van der Waals surface area contributed by atoms with Crippen LogP contribution in [0.15, 0.2) is 36.7 Å². The van der Waals surface area contributed by atoms with Crippen molar-refractivity contribution in [2.45, 2.75) is 6.54 Å². The van der Waals surface area contributed by atoms with Gasteiger partial charge in [0, 0.05) is 30.6 Å². The summed E-state index contributed by atoms with van der Waals surface area (Å²) in [5.41, 5.74) is 1.52. The Balaban J connectivity index is 2.09. The van der Waals surface area contributed by atoms with Crippen LogP contribution in [0.4, 0.5) is 0 Å². The van der Waals surface area contributed by atoms with E-state index in [9.17, 15) is 4.79 Å². The van der Waals surface area contributed by atoms with Crippen LogP contribution >= 0.6 is 0 Å². The molecule has 1 amide bonds. The summed E-state index contributed by atoms with van der Waals surface area (Å²) in [6, 6.07) is 6.99. The van der Waals surface area contributed by atoms with Crippen molar-refractivity contribution in [3.05, 3.63) is 47.8 Å². The molecule has 0 aliphatic heterocycles. The van der Waals surface area contributed by atoms with Crippen LogP contribution < -0.4 is 14.8 Å². The number of hydrogen-bond donors (Lipinski definition) is 2. The number of aromatic amines is 1. The second-order valence-corrected chi connectivity index (χ2v) is 4.00. The molecule has 0 unspecified atom stereocenters. The summed E-state index contributed by atoms with van der Waals surface area (Å²) in [6.45, 7) is 0.474. The third kappa shape index (κ3) is 3.28. The molecule has 0 spiro atoms. The lowest BCUT2D eigenvalue weighted by atomic mass is 10.2. The molecular formula is C14H16N2O3. The maximum atomic E-state index is 12.0. The normalized spacial score (nSPS) is 10.0. The average Bonchev–Trinajstić information content (AvgIpc) is 2.97. The topological polar surface area (TPSA) is 63.4 Å². The highest BCUT2D eigenvalue weighted by Crippen LogP contribution is 2.22. The minimum Gasteiger partial charge on any atom is -0.497 e. The molecule has 1 aromatic heterocycles. The second-order valence-electron chi connectivity index (χ2n) is 4.00. The van der Waals surface area contributed by atoms with Crippen LogP contribution in [0.5, 0.6) is 11.5 Å². The van der Waals surface area contributed by atoms with E-state index in [4.69, 9.17) is 9.47 Å². The number of carbonyl (C=O) groups is 1. The van der Waals surface area contributed by atoms with Crippen LogP contribution in [0, 0.1) is 0 Å². The molecule has 0 saturated carbocycles. The number of nitrogens with one attached hydrogen (secondary N) is 2. The van der Waals surface area contributed by atoms with Gasteiger partial charge in [0.2, 0.25) is 0 Å². The van der Waals surface area contributed by atoms with Gasteiger partial charge in [-0.25, -0.2) is 0 Å². The lowest BCUT2D eigenvalue weighted by Crippen LogP contribution is -2.22. The van der Waals surface area contributed by atoms with Gasteiger partial charge in [0.05, 0.1) is 14.2 Å². The summed E-state index contributed by atoms with van der Waals surface area (Å²) in [5.74, 6) is 1.01. The Hall–Kier alpha value is -2.43. The van der Waals surface area contributed by atoms with E-state index in [1.807, 2.05) is 18.5 Å². The van der Waals surface area contributed by atoms with Gasteiger partial charge in [0.25, 0.3) is 5.91 Å². The second kappa shape index (κ2) is 5.95. The van der Waals surface area contributed by atoms with Crippen LogP contribution in [0.25, 0.3) is 0 Å². The lowest BCUT2D eigenvalue weighted by molar-refractivity contribution is 0.0950. The van der Waals surface area contributed by atoms with E-state index in [-0.39, 0.29) is 5.91 Å². The van der Waals surface area contributed by atoms with Gasteiger partial charge in [-0.2, -0.15) is 0 Å². The van der Waals surface area contributed by atoms with Gasteiger partial charge in [-0.3, -0.25) is 4.79 Å². The molecule has 19 heavy (non-hydrogen) atoms. The van der Waals surface area contributed by atoms with E-state index in [0.717, 1.165) is 5.56 Å². The predicted molar refractivity (Wildman–Crippen MR) is 71.5 cm³/mol. The minimum atomic E-state index is -0.168. The number of methoxy groups -OCH3 is 2. The Morgan fingerprint density at radius 2 is 1.89 bits per heavy atom. The number of H-pyrrole nitrogens is 1. The zero-order valence-electron chi connectivity index (χ0n) is 10.9. The lowest BCUT2D eigenvalue weighted by Gasteiger charge is -2.08. The molecule has 5 nitrogen and oxygen atoms in total. The van der Waals surface area contributed by atoms with Crippen molar-refractivity contribution < 1.29 is 14.3 Å². The van der Waals surface area contributed by atoms with E-state index < -0.39 is 0 Å². The number of rotatable bonds is 5. The highest BCUT2D eigenvalue weighted by Gasteiger charge is 2.09. The zero-order chi connectivity index (χ0) is 13.7. The van der Waals surface area contributed by atoms with Gasteiger partial charge in [-0.1, -0.05) is 0 Å². The molecule has 100 valence electrons. The number of aromatic nitrogens is 1. The maximum Gasteiger partial charge on any atom is 0.251 e. The first kappa shape index (κ1) is 13.0. The van der Waals surface area contributed by atoms with E-state index >= 15 is 0 Å². The molecule has 1 aromatic carbocycles. The molecular weight excluding hydrogens is 244 g/mol. The summed E-state index contributed by atoms with van der Waals surface area (Å²) in [4.78, 5) is 15.0. The standard InChI is InChI=1S/C14H16N2O3/c1-18-12-5-11(6-13(7-12)19-2)14(17)16-9-10-3-4-15-8-10/h3-8,15H,9H2,1-2H3,(H,16,17). The Labute approximate surface area is 111 Å². The highest BCUT2D eigenvalue weighted by molar-refractivity contribution is 5.95. The van der Waals surface area contributed by atoms with Gasteiger partial charge < -0.3 is 19.8 Å². The van der Waals surface area contributed by atoms with Gasteiger partial charge >= 0.3 is 0 Å². The summed E-state index contributed by atoms with van der Waals surface area (Å²) in [7, 11) is 3.10. The van der Waals surface area contributed by atoms with E-state index in [1.54, 1.807) is 32.4 Å². The molecule has 2 rings (SSSR count). The quantitative estimate of drug-likeness (QED) is 0.863. The maximum absolute atomic E-state index is 12.0. The Morgan fingerprint density at radius 3 is 2.42 bits per heavy atom. The van der Waals surface area contributed by atoms with Crippen molar-refractivity contribution in [1.82, 2.24) is 10.3 Å². The number of hydrogen-bond acceptors (Lipinski definition) is 3. The smallest absolute Gasteiger partial charge is 0.251 e. The van der Waals surface area contributed by atoms with Crippen molar-refractivity contribution in [3.8, 4) is 11.5 Å². The number of benzene rings is 1. The van der Waals surface area contributed by atoms with Gasteiger partial charge in [-0.15, -0.1) is 0 Å². The van der Waals surface area contributed by atoms with E-state index in [0.29, 0.717) is 23.6 Å². The first-order chi connectivity index (χ1) is 9.22. The molecule has 0 aliphatic rings.